The molecule has 1 aliphatic carbocycles. The van der Waals surface area contributed by atoms with E-state index in [1.165, 1.54) is 0 Å². The topological polar surface area (TPSA) is 72.9 Å². The van der Waals surface area contributed by atoms with Crippen molar-refractivity contribution in [2.45, 2.75) is 31.6 Å². The molecule has 1 fully saturated rings. The SMILES string of the molecule is Cn1cc(-c2ccccc2)nc1[C@H]1CC[C@H](C(=O)NCCN)CC1. The highest BCUT2D eigenvalue weighted by atomic mass is 16.1. The highest BCUT2D eigenvalue weighted by Crippen LogP contribution is 2.36. The molecule has 0 atom stereocenters. The maximum atomic E-state index is 12.1. The molecule has 1 saturated carbocycles. The molecule has 2 aromatic rings. The van der Waals surface area contributed by atoms with E-state index in [4.69, 9.17) is 10.7 Å². The molecule has 1 amide bonds. The van der Waals surface area contributed by atoms with Gasteiger partial charge in [-0.15, -0.1) is 0 Å². The summed E-state index contributed by atoms with van der Waals surface area (Å²) in [5.74, 6) is 1.85. The fourth-order valence-electron chi connectivity index (χ4n) is 3.56. The third kappa shape index (κ3) is 3.67. The summed E-state index contributed by atoms with van der Waals surface area (Å²) in [5.41, 5.74) is 7.62. The van der Waals surface area contributed by atoms with Gasteiger partial charge in [0.2, 0.25) is 5.91 Å². The number of amides is 1. The standard InChI is InChI=1S/C19H26N4O/c1-23-13-17(14-5-3-2-4-6-14)22-18(23)15-7-9-16(10-8-15)19(24)21-12-11-20/h2-6,13,15-16H,7-12,20H2,1H3,(H,21,24)/t15-,16-. The molecule has 5 nitrogen and oxygen atoms in total. The summed E-state index contributed by atoms with van der Waals surface area (Å²) < 4.78 is 2.14. The number of hydrogen-bond donors (Lipinski definition) is 2. The lowest BCUT2D eigenvalue weighted by Crippen LogP contribution is -2.36. The Labute approximate surface area is 143 Å². The summed E-state index contributed by atoms with van der Waals surface area (Å²) in [6.45, 7) is 1.06. The third-order valence-corrected chi connectivity index (χ3v) is 4.89. The smallest absolute Gasteiger partial charge is 0.223 e. The first-order valence-corrected chi connectivity index (χ1v) is 8.75. The minimum Gasteiger partial charge on any atom is -0.355 e. The van der Waals surface area contributed by atoms with Crippen molar-refractivity contribution in [2.75, 3.05) is 13.1 Å². The van der Waals surface area contributed by atoms with Gasteiger partial charge in [-0.1, -0.05) is 30.3 Å². The number of rotatable bonds is 5. The van der Waals surface area contributed by atoms with Gasteiger partial charge in [0.15, 0.2) is 0 Å². The lowest BCUT2D eigenvalue weighted by molar-refractivity contribution is -0.125. The van der Waals surface area contributed by atoms with Gasteiger partial charge >= 0.3 is 0 Å². The molecule has 0 radical (unpaired) electrons. The van der Waals surface area contributed by atoms with E-state index in [0.717, 1.165) is 42.8 Å². The number of imidazole rings is 1. The molecule has 3 N–H and O–H groups in total. The zero-order valence-electron chi connectivity index (χ0n) is 14.2. The lowest BCUT2D eigenvalue weighted by Gasteiger charge is -2.27. The van der Waals surface area contributed by atoms with Crippen molar-refractivity contribution in [3.8, 4) is 11.3 Å². The van der Waals surface area contributed by atoms with Gasteiger partial charge in [-0.25, -0.2) is 4.98 Å². The number of aromatic nitrogens is 2. The minimum absolute atomic E-state index is 0.127. The van der Waals surface area contributed by atoms with Gasteiger partial charge in [0, 0.05) is 43.7 Å². The first-order valence-electron chi connectivity index (χ1n) is 8.75. The van der Waals surface area contributed by atoms with Crippen LogP contribution in [0.1, 0.15) is 37.4 Å². The van der Waals surface area contributed by atoms with Crippen molar-refractivity contribution < 1.29 is 4.79 Å². The van der Waals surface area contributed by atoms with Crippen molar-refractivity contribution in [1.29, 1.82) is 0 Å². The van der Waals surface area contributed by atoms with Crippen molar-refractivity contribution in [3.05, 3.63) is 42.4 Å². The molecule has 0 aliphatic heterocycles. The molecule has 1 aromatic carbocycles. The van der Waals surface area contributed by atoms with E-state index in [2.05, 4.69) is 35.3 Å². The lowest BCUT2D eigenvalue weighted by atomic mass is 9.81. The van der Waals surface area contributed by atoms with Crippen LogP contribution in [-0.4, -0.2) is 28.5 Å². The summed E-state index contributed by atoms with van der Waals surface area (Å²) in [4.78, 5) is 16.9. The summed E-state index contributed by atoms with van der Waals surface area (Å²) >= 11 is 0. The Morgan fingerprint density at radius 1 is 1.25 bits per heavy atom. The summed E-state index contributed by atoms with van der Waals surface area (Å²) in [6, 6.07) is 10.3. The van der Waals surface area contributed by atoms with E-state index < -0.39 is 0 Å². The zero-order chi connectivity index (χ0) is 16.9. The summed E-state index contributed by atoms with van der Waals surface area (Å²) in [7, 11) is 2.06. The van der Waals surface area contributed by atoms with Crippen LogP contribution >= 0.6 is 0 Å². The van der Waals surface area contributed by atoms with Crippen molar-refractivity contribution in [3.63, 3.8) is 0 Å². The highest BCUT2D eigenvalue weighted by Gasteiger charge is 2.29. The summed E-state index contributed by atoms with van der Waals surface area (Å²) in [5, 5.41) is 2.91. The molecule has 3 rings (SSSR count). The highest BCUT2D eigenvalue weighted by molar-refractivity contribution is 5.78. The fraction of sp³-hybridized carbons (Fsp3) is 0.474. The largest absolute Gasteiger partial charge is 0.355 e. The molecule has 1 aliphatic rings. The van der Waals surface area contributed by atoms with Gasteiger partial charge in [0.1, 0.15) is 5.82 Å². The molecule has 0 saturated heterocycles. The van der Waals surface area contributed by atoms with E-state index in [9.17, 15) is 4.79 Å². The van der Waals surface area contributed by atoms with Crippen LogP contribution in [0.4, 0.5) is 0 Å². The zero-order valence-corrected chi connectivity index (χ0v) is 14.2. The Morgan fingerprint density at radius 3 is 2.62 bits per heavy atom. The Kier molecular flexibility index (Phi) is 5.30. The normalized spacial score (nSPS) is 20.8. The second kappa shape index (κ2) is 7.62. The Hall–Kier alpha value is -2.14. The molecule has 1 heterocycles. The molecular weight excluding hydrogens is 300 g/mol. The molecule has 1 aromatic heterocycles. The van der Waals surface area contributed by atoms with Crippen molar-refractivity contribution >= 4 is 5.91 Å². The molecule has 5 heteroatoms. The molecule has 128 valence electrons. The van der Waals surface area contributed by atoms with Crippen LogP contribution in [0.5, 0.6) is 0 Å². The first-order chi connectivity index (χ1) is 11.7. The van der Waals surface area contributed by atoms with Gasteiger partial charge in [-0.2, -0.15) is 0 Å². The predicted octanol–water partition coefficient (Wildman–Crippen LogP) is 2.44. The van der Waals surface area contributed by atoms with E-state index in [1.54, 1.807) is 0 Å². The summed E-state index contributed by atoms with van der Waals surface area (Å²) in [6.07, 6.45) is 5.98. The molecule has 0 bridgehead atoms. The van der Waals surface area contributed by atoms with E-state index >= 15 is 0 Å². The predicted molar refractivity (Wildman–Crippen MR) is 95.4 cm³/mol. The second-order valence-corrected chi connectivity index (χ2v) is 6.59. The number of benzene rings is 1. The maximum Gasteiger partial charge on any atom is 0.223 e. The number of carbonyl (C=O) groups is 1. The van der Waals surface area contributed by atoms with E-state index in [0.29, 0.717) is 19.0 Å². The number of nitrogens with one attached hydrogen (secondary N) is 1. The van der Waals surface area contributed by atoms with Crippen LogP contribution in [-0.2, 0) is 11.8 Å². The van der Waals surface area contributed by atoms with Crippen LogP contribution in [0.3, 0.4) is 0 Å². The van der Waals surface area contributed by atoms with Gasteiger partial charge < -0.3 is 15.6 Å². The number of carbonyl (C=O) groups excluding carboxylic acids is 1. The Balaban J connectivity index is 1.65. The molecule has 24 heavy (non-hydrogen) atoms. The Morgan fingerprint density at radius 2 is 1.96 bits per heavy atom. The Bertz CT molecular complexity index is 672. The fourth-order valence-corrected chi connectivity index (χ4v) is 3.56. The number of nitrogens with zero attached hydrogens (tertiary/aromatic N) is 2. The van der Waals surface area contributed by atoms with Gasteiger partial charge in [-0.3, -0.25) is 4.79 Å². The number of nitrogens with two attached hydrogens (primary N) is 1. The van der Waals surface area contributed by atoms with Gasteiger partial charge in [0.05, 0.1) is 5.69 Å². The van der Waals surface area contributed by atoms with Crippen molar-refractivity contribution in [1.82, 2.24) is 14.9 Å². The van der Waals surface area contributed by atoms with Crippen molar-refractivity contribution in [2.24, 2.45) is 18.7 Å². The molecular formula is C19H26N4O. The quantitative estimate of drug-likeness (QED) is 0.886. The first kappa shape index (κ1) is 16.7. The average molecular weight is 326 g/mol. The number of hydrogen-bond acceptors (Lipinski definition) is 3. The monoisotopic (exact) mass is 326 g/mol. The average Bonchev–Trinajstić information content (AvgIpc) is 3.02. The van der Waals surface area contributed by atoms with Crippen LogP contribution in [0.25, 0.3) is 11.3 Å². The van der Waals surface area contributed by atoms with E-state index in [1.807, 2.05) is 18.2 Å². The van der Waals surface area contributed by atoms with Crippen LogP contribution < -0.4 is 11.1 Å². The van der Waals surface area contributed by atoms with Crippen LogP contribution in [0, 0.1) is 5.92 Å². The van der Waals surface area contributed by atoms with E-state index in [-0.39, 0.29) is 11.8 Å². The second-order valence-electron chi connectivity index (χ2n) is 6.59. The van der Waals surface area contributed by atoms with Crippen LogP contribution in [0.15, 0.2) is 36.5 Å². The maximum absolute atomic E-state index is 12.1. The van der Waals surface area contributed by atoms with Gasteiger partial charge in [-0.05, 0) is 25.7 Å². The number of aryl methyl sites for hydroxylation is 1. The third-order valence-electron chi connectivity index (χ3n) is 4.89. The van der Waals surface area contributed by atoms with Crippen LogP contribution in [0.2, 0.25) is 0 Å². The molecule has 0 unspecified atom stereocenters. The molecule has 0 spiro atoms. The minimum atomic E-state index is 0.127. The van der Waals surface area contributed by atoms with Gasteiger partial charge in [0.25, 0.3) is 0 Å².